The number of hydrogen-bond donors (Lipinski definition) is 1. The lowest BCUT2D eigenvalue weighted by Crippen LogP contribution is -2.24. The third-order valence-corrected chi connectivity index (χ3v) is 5.98. The fourth-order valence-corrected chi connectivity index (χ4v) is 4.15. The number of amides is 1. The molecule has 0 saturated heterocycles. The number of halogens is 1. The maximum Gasteiger partial charge on any atom is 0.256 e. The average molecular weight is 448 g/mol. The summed E-state index contributed by atoms with van der Waals surface area (Å²) in [6, 6.07) is 20.1. The van der Waals surface area contributed by atoms with E-state index in [2.05, 4.69) is 27.6 Å². The topological polar surface area (TPSA) is 64.7 Å². The van der Waals surface area contributed by atoms with Gasteiger partial charge >= 0.3 is 0 Å². The van der Waals surface area contributed by atoms with Gasteiger partial charge in [0.05, 0.1) is 30.0 Å². The zero-order valence-electron chi connectivity index (χ0n) is 18.5. The maximum absolute atomic E-state index is 13.0. The van der Waals surface area contributed by atoms with Gasteiger partial charge in [-0.2, -0.15) is 10.2 Å². The zero-order chi connectivity index (χ0) is 22.7. The van der Waals surface area contributed by atoms with Crippen LogP contribution in [0.25, 0.3) is 0 Å². The minimum atomic E-state index is -0.235. The highest BCUT2D eigenvalue weighted by Crippen LogP contribution is 2.22. The number of benzene rings is 2. The molecule has 0 aliphatic heterocycles. The minimum Gasteiger partial charge on any atom is -0.348 e. The largest absolute Gasteiger partial charge is 0.348 e. The van der Waals surface area contributed by atoms with Crippen LogP contribution >= 0.6 is 11.6 Å². The van der Waals surface area contributed by atoms with Gasteiger partial charge in [-0.15, -0.1) is 0 Å². The van der Waals surface area contributed by atoms with Gasteiger partial charge in [0.1, 0.15) is 5.15 Å². The second kappa shape index (κ2) is 9.40. The number of nitrogens with one attached hydrogen (secondary N) is 1. The summed E-state index contributed by atoms with van der Waals surface area (Å²) in [5, 5.41) is 12.5. The van der Waals surface area contributed by atoms with E-state index in [1.165, 1.54) is 5.56 Å². The van der Waals surface area contributed by atoms with Crippen molar-refractivity contribution in [2.24, 2.45) is 0 Å². The molecule has 0 saturated carbocycles. The summed E-state index contributed by atoms with van der Waals surface area (Å²) in [6.45, 7) is 7.38. The van der Waals surface area contributed by atoms with Gasteiger partial charge in [0.15, 0.2) is 0 Å². The van der Waals surface area contributed by atoms with E-state index in [4.69, 9.17) is 11.6 Å². The van der Waals surface area contributed by atoms with E-state index in [1.54, 1.807) is 11.6 Å². The van der Waals surface area contributed by atoms with Crippen molar-refractivity contribution in [3.05, 3.63) is 105 Å². The predicted octanol–water partition coefficient (Wildman–Crippen LogP) is 4.68. The number of aromatic nitrogens is 4. The summed E-state index contributed by atoms with van der Waals surface area (Å²) < 4.78 is 3.64. The summed E-state index contributed by atoms with van der Waals surface area (Å²) in [5.41, 5.74) is 6.23. The first-order chi connectivity index (χ1) is 15.4. The highest BCUT2D eigenvalue weighted by atomic mass is 35.5. The van der Waals surface area contributed by atoms with Gasteiger partial charge < -0.3 is 5.32 Å². The second-order valence-electron chi connectivity index (χ2n) is 7.87. The number of nitrogens with zero attached hydrogens (tertiary/aromatic N) is 4. The molecule has 0 unspecified atom stereocenters. The predicted molar refractivity (Wildman–Crippen MR) is 126 cm³/mol. The highest BCUT2D eigenvalue weighted by Gasteiger charge is 2.21. The summed E-state index contributed by atoms with van der Waals surface area (Å²) in [6.07, 6.45) is 0. The first-order valence-corrected chi connectivity index (χ1v) is 10.9. The van der Waals surface area contributed by atoms with E-state index in [0.29, 0.717) is 36.0 Å². The number of hydrogen-bond acceptors (Lipinski definition) is 3. The van der Waals surface area contributed by atoms with Gasteiger partial charge in [-0.3, -0.25) is 9.48 Å². The zero-order valence-corrected chi connectivity index (χ0v) is 19.2. The summed E-state index contributed by atoms with van der Waals surface area (Å²) in [7, 11) is 0. The minimum absolute atomic E-state index is 0.235. The lowest BCUT2D eigenvalue weighted by molar-refractivity contribution is 0.0950. The van der Waals surface area contributed by atoms with Crippen molar-refractivity contribution in [3.8, 4) is 0 Å². The van der Waals surface area contributed by atoms with Crippen molar-refractivity contribution in [2.75, 3.05) is 0 Å². The molecule has 0 aliphatic carbocycles. The quantitative estimate of drug-likeness (QED) is 0.447. The van der Waals surface area contributed by atoms with Crippen LogP contribution in [0.5, 0.6) is 0 Å². The third-order valence-electron chi connectivity index (χ3n) is 5.60. The summed E-state index contributed by atoms with van der Waals surface area (Å²) >= 11 is 6.54. The molecule has 0 aliphatic rings. The fourth-order valence-electron chi connectivity index (χ4n) is 3.83. The van der Waals surface area contributed by atoms with Crippen LogP contribution in [0.4, 0.5) is 0 Å². The Morgan fingerprint density at radius 3 is 1.97 bits per heavy atom. The summed E-state index contributed by atoms with van der Waals surface area (Å²) in [5.74, 6) is -0.235. The average Bonchev–Trinajstić information content (AvgIpc) is 3.21. The molecule has 6 nitrogen and oxygen atoms in total. The molecule has 2 aromatic heterocycles. The Morgan fingerprint density at radius 1 is 0.844 bits per heavy atom. The molecule has 2 heterocycles. The fraction of sp³-hybridized carbons (Fsp3) is 0.240. The Labute approximate surface area is 192 Å². The molecule has 1 N–H and O–H groups in total. The van der Waals surface area contributed by atoms with Gasteiger partial charge in [0.25, 0.3) is 5.91 Å². The lowest BCUT2D eigenvalue weighted by atomic mass is 10.1. The van der Waals surface area contributed by atoms with Crippen LogP contribution in [-0.4, -0.2) is 25.5 Å². The first kappa shape index (κ1) is 21.8. The molecule has 164 valence electrons. The van der Waals surface area contributed by atoms with Crippen LogP contribution in [0.2, 0.25) is 5.15 Å². The van der Waals surface area contributed by atoms with Crippen molar-refractivity contribution in [3.63, 3.8) is 0 Å². The highest BCUT2D eigenvalue weighted by molar-refractivity contribution is 6.33. The van der Waals surface area contributed by atoms with E-state index in [0.717, 1.165) is 22.5 Å². The molecule has 4 aromatic rings. The van der Waals surface area contributed by atoms with Crippen LogP contribution in [0.1, 0.15) is 44.1 Å². The van der Waals surface area contributed by atoms with Crippen LogP contribution in [0.3, 0.4) is 0 Å². The van der Waals surface area contributed by atoms with Crippen LogP contribution in [0, 0.1) is 20.8 Å². The van der Waals surface area contributed by atoms with E-state index in [-0.39, 0.29) is 5.91 Å². The molecule has 32 heavy (non-hydrogen) atoms. The third kappa shape index (κ3) is 4.60. The Bertz CT molecular complexity index is 1230. The second-order valence-corrected chi connectivity index (χ2v) is 8.23. The molecule has 0 radical (unpaired) electrons. The summed E-state index contributed by atoms with van der Waals surface area (Å²) in [4.78, 5) is 13.0. The standard InChI is InChI=1S/C25H26ClN5O/c1-17-22(19(3)30(28-17)15-20-10-6-4-7-11-20)14-27-25(32)23-18(2)29-31(24(23)26)16-21-12-8-5-9-13-21/h4-13H,14-16H2,1-3H3,(H,27,32). The molecule has 4 rings (SSSR count). The molecule has 0 bridgehead atoms. The Hall–Kier alpha value is -3.38. The van der Waals surface area contributed by atoms with Gasteiger partial charge in [0.2, 0.25) is 0 Å². The molecule has 0 atom stereocenters. The number of rotatable bonds is 7. The first-order valence-electron chi connectivity index (χ1n) is 10.6. The van der Waals surface area contributed by atoms with E-state index >= 15 is 0 Å². The van der Waals surface area contributed by atoms with Crippen LogP contribution in [-0.2, 0) is 19.6 Å². The number of carbonyl (C=O) groups is 1. The van der Waals surface area contributed by atoms with E-state index in [9.17, 15) is 4.79 Å². The van der Waals surface area contributed by atoms with Crippen molar-refractivity contribution in [2.45, 2.75) is 40.4 Å². The van der Waals surface area contributed by atoms with Crippen molar-refractivity contribution in [1.29, 1.82) is 0 Å². The molecule has 0 spiro atoms. The van der Waals surface area contributed by atoms with Gasteiger partial charge in [0, 0.05) is 17.8 Å². The maximum atomic E-state index is 13.0. The Balaban J connectivity index is 1.47. The van der Waals surface area contributed by atoms with Crippen molar-refractivity contribution >= 4 is 17.5 Å². The Morgan fingerprint density at radius 2 is 1.38 bits per heavy atom. The monoisotopic (exact) mass is 447 g/mol. The molecular formula is C25H26ClN5O. The van der Waals surface area contributed by atoms with E-state index < -0.39 is 0 Å². The van der Waals surface area contributed by atoms with Gasteiger partial charge in [-0.05, 0) is 31.9 Å². The normalized spacial score (nSPS) is 11.0. The molecule has 7 heteroatoms. The molecule has 0 fully saturated rings. The smallest absolute Gasteiger partial charge is 0.256 e. The van der Waals surface area contributed by atoms with Crippen molar-refractivity contribution in [1.82, 2.24) is 24.9 Å². The van der Waals surface area contributed by atoms with Crippen LogP contribution in [0.15, 0.2) is 60.7 Å². The SMILES string of the molecule is Cc1nn(Cc2ccccc2)c(C)c1CNC(=O)c1c(C)nn(Cc2ccccc2)c1Cl. The van der Waals surface area contributed by atoms with E-state index in [1.807, 2.05) is 67.1 Å². The van der Waals surface area contributed by atoms with Crippen LogP contribution < -0.4 is 5.32 Å². The Kier molecular flexibility index (Phi) is 6.42. The lowest BCUT2D eigenvalue weighted by Gasteiger charge is -2.08. The van der Waals surface area contributed by atoms with Gasteiger partial charge in [-0.25, -0.2) is 4.68 Å². The van der Waals surface area contributed by atoms with Crippen molar-refractivity contribution < 1.29 is 4.79 Å². The number of aryl methyl sites for hydroxylation is 2. The molecule has 1 amide bonds. The molecule has 2 aromatic carbocycles. The van der Waals surface area contributed by atoms with Gasteiger partial charge in [-0.1, -0.05) is 72.3 Å². The molecular weight excluding hydrogens is 422 g/mol. The number of carbonyl (C=O) groups excluding carboxylic acids is 1.